The lowest BCUT2D eigenvalue weighted by atomic mass is 9.87. The Kier molecular flexibility index (Phi) is 5.09. The molecule has 1 unspecified atom stereocenters. The van der Waals surface area contributed by atoms with Crippen molar-refractivity contribution in [1.82, 2.24) is 9.78 Å². The minimum atomic E-state index is 0.127. The molecule has 0 saturated carbocycles. The van der Waals surface area contributed by atoms with Crippen molar-refractivity contribution in [2.75, 3.05) is 11.9 Å². The molecule has 1 N–H and O–H groups in total. The van der Waals surface area contributed by atoms with Crippen molar-refractivity contribution < 1.29 is 9.53 Å². The molecular formula is C22H22ClN3O2. The van der Waals surface area contributed by atoms with Crippen LogP contribution in [0.15, 0.2) is 48.5 Å². The van der Waals surface area contributed by atoms with Crippen molar-refractivity contribution in [3.8, 4) is 11.4 Å². The van der Waals surface area contributed by atoms with Gasteiger partial charge in [-0.1, -0.05) is 18.5 Å². The first-order chi connectivity index (χ1) is 13.5. The highest BCUT2D eigenvalue weighted by molar-refractivity contribution is 6.30. The number of aromatic nitrogens is 2. The number of anilines is 2. The summed E-state index contributed by atoms with van der Waals surface area (Å²) in [6.07, 6.45) is 1.35. The van der Waals surface area contributed by atoms with Gasteiger partial charge in [0.15, 0.2) is 11.6 Å². The number of benzene rings is 2. The average Bonchev–Trinajstić information content (AvgIpc) is 3.02. The fourth-order valence-electron chi connectivity index (χ4n) is 3.58. The molecule has 2 aromatic carbocycles. The molecule has 1 heterocycles. The first-order valence-electron chi connectivity index (χ1n) is 9.46. The van der Waals surface area contributed by atoms with Crippen LogP contribution in [0.25, 0.3) is 5.69 Å². The molecule has 0 aliphatic heterocycles. The molecule has 5 nitrogen and oxygen atoms in total. The van der Waals surface area contributed by atoms with E-state index in [9.17, 15) is 4.79 Å². The van der Waals surface area contributed by atoms with Gasteiger partial charge in [-0.05, 0) is 67.8 Å². The summed E-state index contributed by atoms with van der Waals surface area (Å²) in [6, 6.07) is 15.2. The number of ketones is 1. The van der Waals surface area contributed by atoms with Crippen LogP contribution in [0.5, 0.6) is 5.75 Å². The molecule has 0 bridgehead atoms. The number of nitrogens with zero attached hydrogens (tertiary/aromatic N) is 2. The minimum absolute atomic E-state index is 0.127. The number of fused-ring (bicyclic) bond motifs is 1. The molecule has 144 valence electrons. The zero-order valence-corrected chi connectivity index (χ0v) is 16.7. The topological polar surface area (TPSA) is 56.1 Å². The molecule has 1 aliphatic carbocycles. The van der Waals surface area contributed by atoms with Gasteiger partial charge in [0, 0.05) is 17.1 Å². The quantitative estimate of drug-likeness (QED) is 0.625. The summed E-state index contributed by atoms with van der Waals surface area (Å²) >= 11 is 6.03. The Morgan fingerprint density at radius 2 is 1.86 bits per heavy atom. The summed E-state index contributed by atoms with van der Waals surface area (Å²) in [5.74, 6) is 1.82. The third kappa shape index (κ3) is 3.62. The average molecular weight is 396 g/mol. The monoisotopic (exact) mass is 395 g/mol. The van der Waals surface area contributed by atoms with E-state index in [1.165, 1.54) is 0 Å². The molecule has 0 radical (unpaired) electrons. The number of hydrogen-bond acceptors (Lipinski definition) is 4. The largest absolute Gasteiger partial charge is 0.494 e. The first kappa shape index (κ1) is 18.6. The highest BCUT2D eigenvalue weighted by Gasteiger charge is 2.31. The number of carbonyl (C=O) groups is 1. The maximum absolute atomic E-state index is 12.8. The Labute approximate surface area is 169 Å². The second-order valence-electron chi connectivity index (χ2n) is 7.08. The van der Waals surface area contributed by atoms with Gasteiger partial charge in [0.2, 0.25) is 0 Å². The van der Waals surface area contributed by atoms with Crippen molar-refractivity contribution in [1.29, 1.82) is 0 Å². The second-order valence-corrected chi connectivity index (χ2v) is 7.51. The Morgan fingerprint density at radius 1 is 1.14 bits per heavy atom. The van der Waals surface area contributed by atoms with Crippen molar-refractivity contribution in [3.63, 3.8) is 0 Å². The van der Waals surface area contributed by atoms with Gasteiger partial charge in [-0.3, -0.25) is 4.79 Å². The van der Waals surface area contributed by atoms with Gasteiger partial charge in [-0.2, -0.15) is 0 Å². The van der Waals surface area contributed by atoms with E-state index in [0.29, 0.717) is 35.3 Å². The normalized spacial score (nSPS) is 16.0. The summed E-state index contributed by atoms with van der Waals surface area (Å²) in [7, 11) is 0. The van der Waals surface area contributed by atoms with Crippen molar-refractivity contribution in [2.24, 2.45) is 5.92 Å². The van der Waals surface area contributed by atoms with Crippen LogP contribution in [0.3, 0.4) is 0 Å². The highest BCUT2D eigenvalue weighted by Crippen LogP contribution is 2.34. The Hall–Kier alpha value is -2.79. The maximum Gasteiger partial charge on any atom is 0.168 e. The first-order valence-corrected chi connectivity index (χ1v) is 9.84. The summed E-state index contributed by atoms with van der Waals surface area (Å²) in [4.78, 5) is 12.8. The molecule has 4 rings (SSSR count). The van der Waals surface area contributed by atoms with Crippen LogP contribution < -0.4 is 10.1 Å². The summed E-state index contributed by atoms with van der Waals surface area (Å²) < 4.78 is 7.35. The van der Waals surface area contributed by atoms with E-state index < -0.39 is 0 Å². The van der Waals surface area contributed by atoms with E-state index in [2.05, 4.69) is 12.2 Å². The lowest BCUT2D eigenvalue weighted by Gasteiger charge is -2.19. The Bertz CT molecular complexity index is 994. The van der Waals surface area contributed by atoms with Gasteiger partial charge in [-0.25, -0.2) is 4.68 Å². The van der Waals surface area contributed by atoms with Gasteiger partial charge in [0.25, 0.3) is 0 Å². The van der Waals surface area contributed by atoms with Crippen molar-refractivity contribution in [3.05, 3.63) is 64.8 Å². The molecule has 1 aliphatic rings. The van der Waals surface area contributed by atoms with E-state index in [4.69, 9.17) is 21.4 Å². The predicted octanol–water partition coefficient (Wildman–Crippen LogP) is 5.43. The second kappa shape index (κ2) is 7.68. The summed E-state index contributed by atoms with van der Waals surface area (Å²) in [5.41, 5.74) is 3.38. The fourth-order valence-corrected chi connectivity index (χ4v) is 3.70. The molecule has 0 spiro atoms. The zero-order chi connectivity index (χ0) is 19.7. The third-order valence-corrected chi connectivity index (χ3v) is 5.09. The van der Waals surface area contributed by atoms with Crippen LogP contribution >= 0.6 is 11.6 Å². The van der Waals surface area contributed by atoms with Crippen LogP contribution in [0.1, 0.15) is 36.3 Å². The molecule has 1 atom stereocenters. The predicted molar refractivity (Wildman–Crippen MR) is 111 cm³/mol. The number of nitrogens with one attached hydrogen (secondary N) is 1. The van der Waals surface area contributed by atoms with E-state index in [1.807, 2.05) is 60.1 Å². The number of rotatable bonds is 5. The SMILES string of the molecule is CCOc1ccc(Nc2nn(-c3ccc(Cl)cc3)c3c2C(=O)CC(C)C3)cc1. The Morgan fingerprint density at radius 3 is 2.54 bits per heavy atom. The van der Waals surface area contributed by atoms with Gasteiger partial charge in [-0.15, -0.1) is 5.10 Å². The van der Waals surface area contributed by atoms with Gasteiger partial charge in [0.05, 0.1) is 23.6 Å². The smallest absolute Gasteiger partial charge is 0.168 e. The van der Waals surface area contributed by atoms with Crippen LogP contribution in [-0.2, 0) is 6.42 Å². The standard InChI is InChI=1S/C22H22ClN3O2/c1-3-28-18-10-6-16(7-11-18)24-22-21-19(12-14(2)13-20(21)27)26(25-22)17-8-4-15(23)5-9-17/h4-11,14H,3,12-13H2,1-2H3,(H,24,25). The summed E-state index contributed by atoms with van der Waals surface area (Å²) in [5, 5.41) is 8.72. The van der Waals surface area contributed by atoms with E-state index in [-0.39, 0.29) is 5.78 Å². The van der Waals surface area contributed by atoms with Gasteiger partial charge >= 0.3 is 0 Å². The molecule has 0 fully saturated rings. The minimum Gasteiger partial charge on any atom is -0.494 e. The Balaban J connectivity index is 1.74. The number of halogens is 1. The number of Topliss-reactive ketones (excluding diaryl/α,β-unsaturated/α-hetero) is 1. The molecular weight excluding hydrogens is 374 g/mol. The van der Waals surface area contributed by atoms with Gasteiger partial charge in [0.1, 0.15) is 5.75 Å². The zero-order valence-electron chi connectivity index (χ0n) is 15.9. The fraction of sp³-hybridized carbons (Fsp3) is 0.273. The van der Waals surface area contributed by atoms with Gasteiger partial charge < -0.3 is 10.1 Å². The van der Waals surface area contributed by atoms with E-state index in [0.717, 1.165) is 29.2 Å². The van der Waals surface area contributed by atoms with Crippen LogP contribution in [0.2, 0.25) is 5.02 Å². The highest BCUT2D eigenvalue weighted by atomic mass is 35.5. The number of hydrogen-bond donors (Lipinski definition) is 1. The van der Waals surface area contributed by atoms with E-state index in [1.54, 1.807) is 0 Å². The number of carbonyl (C=O) groups excluding carboxylic acids is 1. The summed E-state index contributed by atoms with van der Waals surface area (Å²) in [6.45, 7) is 4.67. The molecule has 28 heavy (non-hydrogen) atoms. The lowest BCUT2D eigenvalue weighted by molar-refractivity contribution is 0.0953. The molecule has 3 aromatic rings. The third-order valence-electron chi connectivity index (χ3n) is 4.83. The molecule has 0 saturated heterocycles. The van der Waals surface area contributed by atoms with Crippen molar-refractivity contribution >= 4 is 28.9 Å². The van der Waals surface area contributed by atoms with Crippen LogP contribution in [0.4, 0.5) is 11.5 Å². The molecule has 0 amide bonds. The number of ether oxygens (including phenoxy) is 1. The van der Waals surface area contributed by atoms with Crippen LogP contribution in [-0.4, -0.2) is 22.2 Å². The molecule has 1 aromatic heterocycles. The molecule has 6 heteroatoms. The van der Waals surface area contributed by atoms with Crippen molar-refractivity contribution in [2.45, 2.75) is 26.7 Å². The lowest BCUT2D eigenvalue weighted by Crippen LogP contribution is -2.19. The maximum atomic E-state index is 12.8. The van der Waals surface area contributed by atoms with E-state index >= 15 is 0 Å². The van der Waals surface area contributed by atoms with Crippen LogP contribution in [0, 0.1) is 5.92 Å².